The molecule has 0 spiro atoms. The van der Waals surface area contributed by atoms with Crippen molar-refractivity contribution in [2.24, 2.45) is 10.8 Å². The number of likely N-dealkylation sites (tertiary alicyclic amines) is 1. The molecule has 2 aliphatic rings. The molecule has 1 aliphatic heterocycles. The van der Waals surface area contributed by atoms with Crippen LogP contribution in [-0.4, -0.2) is 23.4 Å². The van der Waals surface area contributed by atoms with Crippen molar-refractivity contribution in [1.29, 1.82) is 0 Å². The Morgan fingerprint density at radius 2 is 2.05 bits per heavy atom. The molecule has 2 fully saturated rings. The van der Waals surface area contributed by atoms with Gasteiger partial charge >= 0.3 is 0 Å². The molecule has 1 saturated heterocycles. The summed E-state index contributed by atoms with van der Waals surface area (Å²) in [7, 11) is 0. The summed E-state index contributed by atoms with van der Waals surface area (Å²) in [5.41, 5.74) is 0.900. The van der Waals surface area contributed by atoms with Crippen LogP contribution in [0.1, 0.15) is 50.4 Å². The molecule has 2 atom stereocenters. The number of nitrogens with zero attached hydrogens (tertiary/aromatic N) is 1. The van der Waals surface area contributed by atoms with Crippen LogP contribution in [0.3, 0.4) is 0 Å². The Kier molecular flexibility index (Phi) is 3.43. The standard InChI is InChI=1S/C17H21BrFNO/c1-16(2)7-12-8-17(3,9-16)10-20(12)15(21)13-6-11(19)4-5-14(13)18/h4-6,12H,7-10H2,1-3H3. The summed E-state index contributed by atoms with van der Waals surface area (Å²) in [4.78, 5) is 14.8. The molecule has 2 nitrogen and oxygen atoms in total. The fourth-order valence-corrected chi connectivity index (χ4v) is 4.93. The third kappa shape index (κ3) is 2.75. The van der Waals surface area contributed by atoms with Crippen LogP contribution < -0.4 is 0 Å². The molecule has 0 aromatic heterocycles. The summed E-state index contributed by atoms with van der Waals surface area (Å²) < 4.78 is 14.1. The van der Waals surface area contributed by atoms with Gasteiger partial charge in [-0.15, -0.1) is 0 Å². The number of rotatable bonds is 1. The van der Waals surface area contributed by atoms with Gasteiger partial charge in [-0.3, -0.25) is 4.79 Å². The number of hydrogen-bond donors (Lipinski definition) is 0. The van der Waals surface area contributed by atoms with Crippen molar-refractivity contribution in [2.45, 2.75) is 46.1 Å². The molecular formula is C17H21BrFNO. The molecular weight excluding hydrogens is 333 g/mol. The lowest BCUT2D eigenvalue weighted by Gasteiger charge is -2.39. The van der Waals surface area contributed by atoms with E-state index in [9.17, 15) is 9.18 Å². The zero-order chi connectivity index (χ0) is 15.4. The first-order valence-electron chi connectivity index (χ1n) is 7.45. The second kappa shape index (κ2) is 4.80. The SMILES string of the molecule is CC1(C)CC2CC(C)(CN2C(=O)c2cc(F)ccc2Br)C1. The molecule has 1 heterocycles. The summed E-state index contributed by atoms with van der Waals surface area (Å²) in [5.74, 6) is -0.414. The zero-order valence-corrected chi connectivity index (χ0v) is 14.3. The first kappa shape index (κ1) is 15.0. The lowest BCUT2D eigenvalue weighted by atomic mass is 9.65. The van der Waals surface area contributed by atoms with Crippen LogP contribution in [0.5, 0.6) is 0 Å². The fraction of sp³-hybridized carbons (Fsp3) is 0.588. The van der Waals surface area contributed by atoms with Gasteiger partial charge in [-0.25, -0.2) is 4.39 Å². The Balaban J connectivity index is 1.91. The minimum absolute atomic E-state index is 0.0483. The normalized spacial score (nSPS) is 30.5. The van der Waals surface area contributed by atoms with E-state index in [0.29, 0.717) is 10.0 Å². The predicted octanol–water partition coefficient (Wildman–Crippen LogP) is 4.63. The van der Waals surface area contributed by atoms with Crippen molar-refractivity contribution in [2.75, 3.05) is 6.54 Å². The van der Waals surface area contributed by atoms with Gasteiger partial charge in [0.25, 0.3) is 5.91 Å². The largest absolute Gasteiger partial charge is 0.335 e. The van der Waals surface area contributed by atoms with E-state index in [-0.39, 0.29) is 28.6 Å². The van der Waals surface area contributed by atoms with Crippen molar-refractivity contribution in [3.63, 3.8) is 0 Å². The fourth-order valence-electron chi connectivity index (χ4n) is 4.51. The number of halogens is 2. The van der Waals surface area contributed by atoms with E-state index in [4.69, 9.17) is 0 Å². The molecule has 21 heavy (non-hydrogen) atoms. The second-order valence-electron chi connectivity index (χ2n) is 7.77. The number of fused-ring (bicyclic) bond motifs is 2. The highest BCUT2D eigenvalue weighted by atomic mass is 79.9. The number of carbonyl (C=O) groups is 1. The van der Waals surface area contributed by atoms with E-state index in [1.807, 2.05) is 4.90 Å². The van der Waals surface area contributed by atoms with Gasteiger partial charge in [0.15, 0.2) is 0 Å². The minimum Gasteiger partial charge on any atom is -0.335 e. The molecule has 1 aromatic rings. The van der Waals surface area contributed by atoms with Gasteiger partial charge in [0.1, 0.15) is 5.82 Å². The van der Waals surface area contributed by atoms with Crippen LogP contribution in [0, 0.1) is 16.6 Å². The van der Waals surface area contributed by atoms with Crippen LogP contribution in [0.15, 0.2) is 22.7 Å². The molecule has 0 N–H and O–H groups in total. The first-order valence-corrected chi connectivity index (χ1v) is 8.25. The van der Waals surface area contributed by atoms with Crippen LogP contribution in [0.2, 0.25) is 0 Å². The van der Waals surface area contributed by atoms with E-state index in [2.05, 4.69) is 36.7 Å². The molecule has 0 radical (unpaired) electrons. The quantitative estimate of drug-likeness (QED) is 0.720. The van der Waals surface area contributed by atoms with Crippen LogP contribution in [0.4, 0.5) is 4.39 Å². The number of benzene rings is 1. The molecule has 1 saturated carbocycles. The molecule has 1 aliphatic carbocycles. The topological polar surface area (TPSA) is 20.3 Å². The number of hydrogen-bond acceptors (Lipinski definition) is 1. The summed E-state index contributed by atoms with van der Waals surface area (Å²) in [6.07, 6.45) is 3.24. The monoisotopic (exact) mass is 353 g/mol. The van der Waals surface area contributed by atoms with Gasteiger partial charge < -0.3 is 4.90 Å². The van der Waals surface area contributed by atoms with E-state index < -0.39 is 0 Å². The van der Waals surface area contributed by atoms with E-state index in [0.717, 1.165) is 25.8 Å². The maximum atomic E-state index is 13.5. The predicted molar refractivity (Wildman–Crippen MR) is 84.7 cm³/mol. The van der Waals surface area contributed by atoms with E-state index >= 15 is 0 Å². The molecule has 2 bridgehead atoms. The molecule has 2 unspecified atom stereocenters. The smallest absolute Gasteiger partial charge is 0.255 e. The van der Waals surface area contributed by atoms with Gasteiger partial charge in [0, 0.05) is 17.1 Å². The lowest BCUT2D eigenvalue weighted by molar-refractivity contribution is 0.0707. The van der Waals surface area contributed by atoms with Crippen molar-refractivity contribution in [3.8, 4) is 0 Å². The number of carbonyl (C=O) groups excluding carboxylic acids is 1. The average molecular weight is 354 g/mol. The van der Waals surface area contributed by atoms with Crippen LogP contribution in [0.25, 0.3) is 0 Å². The minimum atomic E-state index is -0.365. The highest BCUT2D eigenvalue weighted by molar-refractivity contribution is 9.10. The maximum absolute atomic E-state index is 13.5. The van der Waals surface area contributed by atoms with Gasteiger partial charge in [0.05, 0.1) is 5.56 Å². The van der Waals surface area contributed by atoms with Gasteiger partial charge in [-0.1, -0.05) is 20.8 Å². The average Bonchev–Trinajstić information content (AvgIpc) is 2.61. The summed E-state index contributed by atoms with van der Waals surface area (Å²) in [6, 6.07) is 4.59. The van der Waals surface area contributed by atoms with E-state index in [1.54, 1.807) is 6.07 Å². The highest BCUT2D eigenvalue weighted by Crippen LogP contribution is 2.52. The summed E-state index contributed by atoms with van der Waals surface area (Å²) in [6.45, 7) is 7.62. The highest BCUT2D eigenvalue weighted by Gasteiger charge is 2.51. The zero-order valence-electron chi connectivity index (χ0n) is 12.7. The maximum Gasteiger partial charge on any atom is 0.255 e. The Bertz CT molecular complexity index is 600. The Hall–Kier alpha value is -0.900. The third-order valence-corrected chi connectivity index (χ3v) is 5.53. The summed E-state index contributed by atoms with van der Waals surface area (Å²) >= 11 is 3.37. The molecule has 3 rings (SSSR count). The van der Waals surface area contributed by atoms with E-state index in [1.165, 1.54) is 12.1 Å². The molecule has 1 amide bonds. The van der Waals surface area contributed by atoms with Crippen LogP contribution >= 0.6 is 15.9 Å². The molecule has 4 heteroatoms. The van der Waals surface area contributed by atoms with Crippen molar-refractivity contribution < 1.29 is 9.18 Å². The molecule has 114 valence electrons. The van der Waals surface area contributed by atoms with Gasteiger partial charge in [-0.2, -0.15) is 0 Å². The Morgan fingerprint density at radius 1 is 1.33 bits per heavy atom. The van der Waals surface area contributed by atoms with Crippen LogP contribution in [-0.2, 0) is 0 Å². The lowest BCUT2D eigenvalue weighted by Crippen LogP contribution is -2.37. The van der Waals surface area contributed by atoms with Gasteiger partial charge in [-0.05, 0) is 64.2 Å². The van der Waals surface area contributed by atoms with Crippen molar-refractivity contribution in [1.82, 2.24) is 4.90 Å². The van der Waals surface area contributed by atoms with Gasteiger partial charge in [0.2, 0.25) is 0 Å². The number of amides is 1. The summed E-state index contributed by atoms with van der Waals surface area (Å²) in [5, 5.41) is 0. The second-order valence-corrected chi connectivity index (χ2v) is 8.63. The molecule has 1 aromatic carbocycles. The third-order valence-electron chi connectivity index (χ3n) is 4.83. The van der Waals surface area contributed by atoms with Crippen molar-refractivity contribution in [3.05, 3.63) is 34.1 Å². The first-order chi connectivity index (χ1) is 9.69. The Morgan fingerprint density at radius 3 is 2.76 bits per heavy atom. The Labute approximate surface area is 133 Å². The van der Waals surface area contributed by atoms with Crippen molar-refractivity contribution >= 4 is 21.8 Å².